The van der Waals surface area contributed by atoms with E-state index in [9.17, 15) is 0 Å². The van der Waals surface area contributed by atoms with Gasteiger partial charge in [-0.25, -0.2) is 0 Å². The Morgan fingerprint density at radius 3 is 3.07 bits per heavy atom. The summed E-state index contributed by atoms with van der Waals surface area (Å²) in [6.07, 6.45) is 2.35. The normalized spacial score (nSPS) is 34.3. The van der Waals surface area contributed by atoms with Crippen LogP contribution in [0.3, 0.4) is 0 Å². The Balaban J connectivity index is 1.95. The van der Waals surface area contributed by atoms with Crippen LogP contribution in [-0.2, 0) is 16.9 Å². The third-order valence-corrected chi connectivity index (χ3v) is 3.73. The molecular weight excluding hydrogens is 186 g/mol. The van der Waals surface area contributed by atoms with E-state index < -0.39 is 0 Å². The van der Waals surface area contributed by atoms with Gasteiger partial charge in [-0.1, -0.05) is 24.3 Å². The summed E-state index contributed by atoms with van der Waals surface area (Å²) in [7, 11) is 0. The van der Waals surface area contributed by atoms with Crippen LogP contribution in [0.5, 0.6) is 0 Å². The van der Waals surface area contributed by atoms with E-state index >= 15 is 0 Å². The van der Waals surface area contributed by atoms with Crippen LogP contribution in [0.4, 0.5) is 0 Å². The Bertz CT molecular complexity index is 367. The molecule has 2 aliphatic rings. The van der Waals surface area contributed by atoms with Crippen molar-refractivity contribution in [3.05, 3.63) is 35.4 Å². The molecule has 1 aromatic rings. The van der Waals surface area contributed by atoms with Crippen LogP contribution >= 0.6 is 0 Å². The van der Waals surface area contributed by atoms with Gasteiger partial charge >= 0.3 is 0 Å². The molecule has 15 heavy (non-hydrogen) atoms. The van der Waals surface area contributed by atoms with E-state index in [2.05, 4.69) is 36.5 Å². The molecule has 1 aromatic carbocycles. The Morgan fingerprint density at radius 2 is 2.27 bits per heavy atom. The van der Waals surface area contributed by atoms with Crippen molar-refractivity contribution in [1.82, 2.24) is 5.32 Å². The van der Waals surface area contributed by atoms with Crippen molar-refractivity contribution >= 4 is 0 Å². The quantitative estimate of drug-likeness (QED) is 0.698. The van der Waals surface area contributed by atoms with Gasteiger partial charge in [-0.05, 0) is 30.9 Å². The van der Waals surface area contributed by atoms with E-state index in [1.807, 2.05) is 0 Å². The van der Waals surface area contributed by atoms with E-state index in [1.165, 1.54) is 17.5 Å². The first-order valence-electron chi connectivity index (χ1n) is 5.76. The monoisotopic (exact) mass is 203 g/mol. The van der Waals surface area contributed by atoms with Crippen molar-refractivity contribution in [2.24, 2.45) is 0 Å². The maximum Gasteiger partial charge on any atom is 0.106 e. The molecule has 0 radical (unpaired) electrons. The summed E-state index contributed by atoms with van der Waals surface area (Å²) < 4.78 is 6.04. The van der Waals surface area contributed by atoms with Crippen molar-refractivity contribution < 1.29 is 4.74 Å². The van der Waals surface area contributed by atoms with Gasteiger partial charge in [0.2, 0.25) is 0 Å². The van der Waals surface area contributed by atoms with Gasteiger partial charge in [0, 0.05) is 12.6 Å². The molecule has 2 heteroatoms. The molecule has 1 N–H and O–H groups in total. The fourth-order valence-corrected chi connectivity index (χ4v) is 2.72. The standard InChI is InChI=1S/C13H17NO/c1-10-6-7-13(9-14-10)12-5-3-2-4-11(12)8-15-13/h2-5,10,14H,6-9H2,1H3. The fourth-order valence-electron chi connectivity index (χ4n) is 2.72. The second-order valence-electron chi connectivity index (χ2n) is 4.76. The Kier molecular flexibility index (Phi) is 2.08. The number of piperidine rings is 1. The van der Waals surface area contributed by atoms with Crippen LogP contribution in [0.15, 0.2) is 24.3 Å². The number of ether oxygens (including phenoxy) is 1. The molecule has 1 fully saturated rings. The molecule has 80 valence electrons. The van der Waals surface area contributed by atoms with Crippen LogP contribution in [0.25, 0.3) is 0 Å². The smallest absolute Gasteiger partial charge is 0.106 e. The van der Waals surface area contributed by atoms with E-state index in [1.54, 1.807) is 0 Å². The van der Waals surface area contributed by atoms with E-state index in [0.717, 1.165) is 19.6 Å². The zero-order valence-corrected chi connectivity index (χ0v) is 9.12. The van der Waals surface area contributed by atoms with E-state index in [0.29, 0.717) is 6.04 Å². The summed E-state index contributed by atoms with van der Waals surface area (Å²) >= 11 is 0. The zero-order valence-electron chi connectivity index (χ0n) is 9.12. The number of hydrogen-bond acceptors (Lipinski definition) is 2. The van der Waals surface area contributed by atoms with Crippen LogP contribution in [0, 0.1) is 0 Å². The average molecular weight is 203 g/mol. The molecule has 2 nitrogen and oxygen atoms in total. The number of benzene rings is 1. The third-order valence-electron chi connectivity index (χ3n) is 3.73. The SMILES string of the molecule is CC1CCC2(CN1)OCc1ccccc12. The topological polar surface area (TPSA) is 21.3 Å². The van der Waals surface area contributed by atoms with Gasteiger partial charge < -0.3 is 10.1 Å². The number of rotatable bonds is 0. The largest absolute Gasteiger partial charge is 0.364 e. The maximum atomic E-state index is 6.04. The molecule has 0 amide bonds. The molecular formula is C13H17NO. The summed E-state index contributed by atoms with van der Waals surface area (Å²) in [5.74, 6) is 0. The van der Waals surface area contributed by atoms with Gasteiger partial charge in [0.25, 0.3) is 0 Å². The van der Waals surface area contributed by atoms with Crippen molar-refractivity contribution in [3.8, 4) is 0 Å². The summed E-state index contributed by atoms with van der Waals surface area (Å²) in [5, 5.41) is 3.53. The Labute approximate surface area is 90.6 Å². The summed E-state index contributed by atoms with van der Waals surface area (Å²) in [5.41, 5.74) is 2.75. The number of nitrogens with one attached hydrogen (secondary N) is 1. The molecule has 1 spiro atoms. The van der Waals surface area contributed by atoms with Crippen LogP contribution in [-0.4, -0.2) is 12.6 Å². The Hall–Kier alpha value is -0.860. The number of hydrogen-bond donors (Lipinski definition) is 1. The van der Waals surface area contributed by atoms with Crippen LogP contribution < -0.4 is 5.32 Å². The minimum atomic E-state index is -0.0247. The molecule has 2 atom stereocenters. The van der Waals surface area contributed by atoms with Gasteiger partial charge in [0.1, 0.15) is 5.60 Å². The first-order chi connectivity index (χ1) is 7.30. The van der Waals surface area contributed by atoms with E-state index in [4.69, 9.17) is 4.74 Å². The molecule has 0 saturated carbocycles. The molecule has 0 aromatic heterocycles. The molecule has 0 bridgehead atoms. The lowest BCUT2D eigenvalue weighted by Gasteiger charge is -2.37. The third kappa shape index (κ3) is 1.40. The molecule has 2 aliphatic heterocycles. The summed E-state index contributed by atoms with van der Waals surface area (Å²) in [4.78, 5) is 0. The predicted molar refractivity (Wildman–Crippen MR) is 59.6 cm³/mol. The van der Waals surface area contributed by atoms with Gasteiger partial charge in [0.15, 0.2) is 0 Å². The molecule has 3 rings (SSSR count). The highest BCUT2D eigenvalue weighted by molar-refractivity contribution is 5.36. The van der Waals surface area contributed by atoms with Gasteiger partial charge in [-0.2, -0.15) is 0 Å². The van der Waals surface area contributed by atoms with E-state index in [-0.39, 0.29) is 5.60 Å². The lowest BCUT2D eigenvalue weighted by Crippen LogP contribution is -2.47. The molecule has 2 heterocycles. The lowest BCUT2D eigenvalue weighted by atomic mass is 9.84. The summed E-state index contributed by atoms with van der Waals surface area (Å²) in [6.45, 7) is 3.99. The maximum absolute atomic E-state index is 6.04. The number of fused-ring (bicyclic) bond motifs is 2. The Morgan fingerprint density at radius 1 is 1.40 bits per heavy atom. The molecule has 1 saturated heterocycles. The van der Waals surface area contributed by atoms with Crippen molar-refractivity contribution in [3.63, 3.8) is 0 Å². The van der Waals surface area contributed by atoms with Crippen molar-refractivity contribution in [2.75, 3.05) is 6.54 Å². The van der Waals surface area contributed by atoms with Crippen molar-refractivity contribution in [2.45, 2.75) is 38.0 Å². The van der Waals surface area contributed by atoms with Gasteiger partial charge in [0.05, 0.1) is 6.61 Å². The van der Waals surface area contributed by atoms with Crippen LogP contribution in [0.2, 0.25) is 0 Å². The first kappa shape index (κ1) is 9.37. The highest BCUT2D eigenvalue weighted by Gasteiger charge is 2.41. The minimum absolute atomic E-state index is 0.0247. The zero-order chi connectivity index (χ0) is 10.3. The van der Waals surface area contributed by atoms with Gasteiger partial charge in [-0.15, -0.1) is 0 Å². The minimum Gasteiger partial charge on any atom is -0.364 e. The first-order valence-corrected chi connectivity index (χ1v) is 5.76. The van der Waals surface area contributed by atoms with Crippen LogP contribution in [0.1, 0.15) is 30.9 Å². The highest BCUT2D eigenvalue weighted by atomic mass is 16.5. The summed E-state index contributed by atoms with van der Waals surface area (Å²) in [6, 6.07) is 9.25. The highest BCUT2D eigenvalue weighted by Crippen LogP contribution is 2.41. The lowest BCUT2D eigenvalue weighted by molar-refractivity contribution is -0.0590. The second kappa shape index (κ2) is 3.32. The average Bonchev–Trinajstić information content (AvgIpc) is 2.63. The predicted octanol–water partition coefficient (Wildman–Crippen LogP) is 2.18. The second-order valence-corrected chi connectivity index (χ2v) is 4.76. The molecule has 2 unspecified atom stereocenters. The van der Waals surface area contributed by atoms with Crippen molar-refractivity contribution in [1.29, 1.82) is 0 Å². The van der Waals surface area contributed by atoms with Gasteiger partial charge in [-0.3, -0.25) is 0 Å². The molecule has 0 aliphatic carbocycles. The fraction of sp³-hybridized carbons (Fsp3) is 0.538.